The molecule has 0 saturated heterocycles. The second-order valence-electron chi connectivity index (χ2n) is 5.24. The molecule has 0 saturated carbocycles. The molecule has 0 heterocycles. The predicted molar refractivity (Wildman–Crippen MR) is 83.2 cm³/mol. The zero-order valence-corrected chi connectivity index (χ0v) is 13.8. The van der Waals surface area contributed by atoms with E-state index in [2.05, 4.69) is 27.3 Å². The van der Waals surface area contributed by atoms with E-state index < -0.39 is 10.5 Å². The van der Waals surface area contributed by atoms with Crippen LogP contribution in [-0.2, 0) is 0 Å². The van der Waals surface area contributed by atoms with Crippen LogP contribution in [0.2, 0.25) is 0 Å². The van der Waals surface area contributed by atoms with Crippen LogP contribution in [0.25, 0.3) is 0 Å². The Morgan fingerprint density at radius 1 is 1.52 bits per heavy atom. The number of nitro benzene ring substituents is 1. The number of halogens is 1. The third-order valence-corrected chi connectivity index (χ3v) is 3.25. The molecule has 1 N–H and O–H groups in total. The van der Waals surface area contributed by atoms with E-state index >= 15 is 0 Å². The van der Waals surface area contributed by atoms with E-state index in [4.69, 9.17) is 4.74 Å². The van der Waals surface area contributed by atoms with Gasteiger partial charge >= 0.3 is 0 Å². The number of nitrogens with zero attached hydrogens (tertiary/aromatic N) is 2. The maximum absolute atomic E-state index is 10.8. The molecule has 0 aromatic heterocycles. The number of nitriles is 1. The van der Waals surface area contributed by atoms with Gasteiger partial charge < -0.3 is 4.74 Å². The fourth-order valence-corrected chi connectivity index (χ4v) is 2.37. The molecule has 0 radical (unpaired) electrons. The zero-order chi connectivity index (χ0) is 16.0. The van der Waals surface area contributed by atoms with Crippen LogP contribution in [0, 0.1) is 21.4 Å². The standard InChI is InChI=1S/C14H18BrN3O3/c1-10(2)17-14(3,9-16)4-5-21-13-7-11(15)6-12(8-13)18(19)20/h6-8,10,17H,4-5H2,1-3H3. The molecule has 0 amide bonds. The molecular weight excluding hydrogens is 338 g/mol. The van der Waals surface area contributed by atoms with Crippen LogP contribution in [0.15, 0.2) is 22.7 Å². The third kappa shape index (κ3) is 5.69. The van der Waals surface area contributed by atoms with E-state index in [1.807, 2.05) is 13.8 Å². The van der Waals surface area contributed by atoms with Gasteiger partial charge in [-0.15, -0.1) is 0 Å². The maximum Gasteiger partial charge on any atom is 0.274 e. The highest BCUT2D eigenvalue weighted by Gasteiger charge is 2.24. The molecule has 0 bridgehead atoms. The molecule has 0 spiro atoms. The van der Waals surface area contributed by atoms with Gasteiger partial charge in [0.05, 0.1) is 23.7 Å². The zero-order valence-electron chi connectivity index (χ0n) is 12.2. The SMILES string of the molecule is CC(C)NC(C)(C#N)CCOc1cc(Br)cc([N+](=O)[O-])c1. The normalized spacial score (nSPS) is 13.5. The van der Waals surface area contributed by atoms with Gasteiger partial charge in [-0.3, -0.25) is 15.4 Å². The highest BCUT2D eigenvalue weighted by atomic mass is 79.9. The van der Waals surface area contributed by atoms with Crippen LogP contribution >= 0.6 is 15.9 Å². The Balaban J connectivity index is 2.68. The topological polar surface area (TPSA) is 88.2 Å². The molecule has 114 valence electrons. The highest BCUT2D eigenvalue weighted by Crippen LogP contribution is 2.26. The minimum absolute atomic E-state index is 0.0391. The molecule has 1 rings (SSSR count). The largest absolute Gasteiger partial charge is 0.493 e. The molecule has 21 heavy (non-hydrogen) atoms. The molecule has 0 aliphatic rings. The average Bonchev–Trinajstić information content (AvgIpc) is 2.37. The summed E-state index contributed by atoms with van der Waals surface area (Å²) in [6, 6.07) is 6.84. The van der Waals surface area contributed by atoms with Gasteiger partial charge in [-0.2, -0.15) is 5.26 Å². The third-order valence-electron chi connectivity index (χ3n) is 2.79. The first kappa shape index (κ1) is 17.4. The minimum Gasteiger partial charge on any atom is -0.493 e. The van der Waals surface area contributed by atoms with Gasteiger partial charge in [0.2, 0.25) is 0 Å². The van der Waals surface area contributed by atoms with E-state index in [-0.39, 0.29) is 18.3 Å². The lowest BCUT2D eigenvalue weighted by Crippen LogP contribution is -2.45. The summed E-state index contributed by atoms with van der Waals surface area (Å²) in [4.78, 5) is 10.3. The van der Waals surface area contributed by atoms with E-state index in [1.165, 1.54) is 12.1 Å². The van der Waals surface area contributed by atoms with E-state index in [0.29, 0.717) is 16.6 Å². The van der Waals surface area contributed by atoms with E-state index in [9.17, 15) is 15.4 Å². The van der Waals surface area contributed by atoms with Crippen LogP contribution in [-0.4, -0.2) is 23.1 Å². The van der Waals surface area contributed by atoms with Crippen molar-refractivity contribution in [1.29, 1.82) is 5.26 Å². The van der Waals surface area contributed by atoms with Crippen LogP contribution < -0.4 is 10.1 Å². The monoisotopic (exact) mass is 355 g/mol. The molecular formula is C14H18BrN3O3. The Morgan fingerprint density at radius 2 is 2.19 bits per heavy atom. The highest BCUT2D eigenvalue weighted by molar-refractivity contribution is 9.10. The molecule has 6 nitrogen and oxygen atoms in total. The molecule has 0 aliphatic heterocycles. The number of rotatable bonds is 7. The van der Waals surface area contributed by atoms with Crippen LogP contribution in [0.5, 0.6) is 5.75 Å². The van der Waals surface area contributed by atoms with Crippen LogP contribution in [0.3, 0.4) is 0 Å². The molecule has 0 fully saturated rings. The number of nitrogens with one attached hydrogen (secondary N) is 1. The summed E-state index contributed by atoms with van der Waals surface area (Å²) >= 11 is 3.21. The summed E-state index contributed by atoms with van der Waals surface area (Å²) in [7, 11) is 0. The molecule has 7 heteroatoms. The molecule has 1 aromatic rings. The summed E-state index contributed by atoms with van der Waals surface area (Å²) in [6.07, 6.45) is 0.474. The first-order valence-electron chi connectivity index (χ1n) is 6.52. The summed E-state index contributed by atoms with van der Waals surface area (Å²) in [5.74, 6) is 0.404. The number of nitro groups is 1. The van der Waals surface area contributed by atoms with Gasteiger partial charge in [-0.1, -0.05) is 15.9 Å². The lowest BCUT2D eigenvalue weighted by atomic mass is 9.99. The van der Waals surface area contributed by atoms with Gasteiger partial charge in [0.25, 0.3) is 5.69 Å². The van der Waals surface area contributed by atoms with E-state index in [0.717, 1.165) is 0 Å². The van der Waals surface area contributed by atoms with Crippen molar-refractivity contribution in [2.75, 3.05) is 6.61 Å². The van der Waals surface area contributed by atoms with Gasteiger partial charge in [-0.05, 0) is 26.8 Å². The first-order valence-corrected chi connectivity index (χ1v) is 7.32. The van der Waals surface area contributed by atoms with Crippen molar-refractivity contribution in [2.45, 2.75) is 38.8 Å². The van der Waals surface area contributed by atoms with Crippen molar-refractivity contribution >= 4 is 21.6 Å². The lowest BCUT2D eigenvalue weighted by Gasteiger charge is -2.25. The summed E-state index contributed by atoms with van der Waals surface area (Å²) < 4.78 is 6.11. The summed E-state index contributed by atoms with van der Waals surface area (Å²) in [5, 5.41) is 23.2. The Bertz CT molecular complexity index is 557. The quantitative estimate of drug-likeness (QED) is 0.597. The van der Waals surface area contributed by atoms with Crippen molar-refractivity contribution in [2.24, 2.45) is 0 Å². The lowest BCUT2D eigenvalue weighted by molar-refractivity contribution is -0.385. The average molecular weight is 356 g/mol. The summed E-state index contributed by atoms with van der Waals surface area (Å²) in [5.41, 5.74) is -0.728. The number of non-ortho nitro benzene ring substituents is 1. The Labute approximate surface area is 132 Å². The van der Waals surface area contributed by atoms with Gasteiger partial charge in [-0.25, -0.2) is 0 Å². The van der Waals surface area contributed by atoms with Crippen molar-refractivity contribution < 1.29 is 9.66 Å². The van der Waals surface area contributed by atoms with Crippen molar-refractivity contribution in [1.82, 2.24) is 5.32 Å². The second-order valence-corrected chi connectivity index (χ2v) is 6.16. The maximum atomic E-state index is 10.8. The first-order chi connectivity index (χ1) is 9.75. The smallest absolute Gasteiger partial charge is 0.274 e. The predicted octanol–water partition coefficient (Wildman–Crippen LogP) is 3.41. The van der Waals surface area contributed by atoms with Crippen LogP contribution in [0.4, 0.5) is 5.69 Å². The number of hydrogen-bond donors (Lipinski definition) is 1. The van der Waals surface area contributed by atoms with Crippen LogP contribution in [0.1, 0.15) is 27.2 Å². The Hall–Kier alpha value is -1.65. The van der Waals surface area contributed by atoms with Gasteiger partial charge in [0.1, 0.15) is 11.3 Å². The molecule has 1 unspecified atom stereocenters. The van der Waals surface area contributed by atoms with Crippen molar-refractivity contribution in [3.63, 3.8) is 0 Å². The number of hydrogen-bond acceptors (Lipinski definition) is 5. The van der Waals surface area contributed by atoms with E-state index in [1.54, 1.807) is 13.0 Å². The Morgan fingerprint density at radius 3 is 2.71 bits per heavy atom. The molecule has 1 atom stereocenters. The Kier molecular flexibility index (Phi) is 6.12. The van der Waals surface area contributed by atoms with Gasteiger partial charge in [0.15, 0.2) is 0 Å². The second kappa shape index (κ2) is 7.38. The van der Waals surface area contributed by atoms with Crippen molar-refractivity contribution in [3.05, 3.63) is 32.8 Å². The minimum atomic E-state index is -0.688. The fourth-order valence-electron chi connectivity index (χ4n) is 1.91. The number of benzene rings is 1. The van der Waals surface area contributed by atoms with Gasteiger partial charge in [0, 0.05) is 23.0 Å². The molecule has 0 aliphatic carbocycles. The molecule has 1 aromatic carbocycles. The number of ether oxygens (including phenoxy) is 1. The summed E-state index contributed by atoms with van der Waals surface area (Å²) in [6.45, 7) is 6.03. The van der Waals surface area contributed by atoms with Crippen molar-refractivity contribution in [3.8, 4) is 11.8 Å². The fraction of sp³-hybridized carbons (Fsp3) is 0.500.